The van der Waals surface area contributed by atoms with Crippen molar-refractivity contribution in [3.63, 3.8) is 0 Å². The lowest BCUT2D eigenvalue weighted by Gasteiger charge is -2.16. The van der Waals surface area contributed by atoms with Crippen molar-refractivity contribution in [2.45, 2.75) is 26.1 Å². The van der Waals surface area contributed by atoms with Crippen LogP contribution < -0.4 is 10.6 Å². The van der Waals surface area contributed by atoms with Gasteiger partial charge in [0.2, 0.25) is 11.9 Å². The van der Waals surface area contributed by atoms with Crippen LogP contribution in [-0.2, 0) is 17.5 Å². The molecule has 7 nitrogen and oxygen atoms in total. The summed E-state index contributed by atoms with van der Waals surface area (Å²) in [5.74, 6) is -0.0532. The van der Waals surface area contributed by atoms with Crippen LogP contribution in [0.1, 0.15) is 22.7 Å². The van der Waals surface area contributed by atoms with E-state index in [1.54, 1.807) is 17.5 Å². The van der Waals surface area contributed by atoms with E-state index in [9.17, 15) is 18.0 Å². The predicted octanol–water partition coefficient (Wildman–Crippen LogP) is 3.99. The van der Waals surface area contributed by atoms with Crippen LogP contribution in [0.15, 0.2) is 36.7 Å². The fourth-order valence-electron chi connectivity index (χ4n) is 3.38. The Morgan fingerprint density at radius 3 is 2.88 bits per heavy atom. The van der Waals surface area contributed by atoms with Crippen molar-refractivity contribution in [3.8, 4) is 10.4 Å². The molecule has 0 saturated carbocycles. The molecule has 3 aromatic rings. The van der Waals surface area contributed by atoms with Gasteiger partial charge in [0.05, 0.1) is 11.4 Å². The number of amides is 1. The van der Waals surface area contributed by atoms with Gasteiger partial charge in [-0.3, -0.25) is 9.69 Å². The molecule has 0 aliphatic carbocycles. The molecule has 2 N–H and O–H groups in total. The van der Waals surface area contributed by atoms with E-state index in [1.165, 1.54) is 0 Å². The summed E-state index contributed by atoms with van der Waals surface area (Å²) >= 11 is 1.55. The Balaban J connectivity index is 1.50. The highest BCUT2D eigenvalue weighted by molar-refractivity contribution is 7.15. The van der Waals surface area contributed by atoms with Crippen molar-refractivity contribution >= 4 is 28.9 Å². The number of halogens is 3. The number of alkyl halides is 3. The lowest BCUT2D eigenvalue weighted by Crippen LogP contribution is -2.28. The zero-order valence-corrected chi connectivity index (χ0v) is 18.1. The highest BCUT2D eigenvalue weighted by atomic mass is 32.1. The van der Waals surface area contributed by atoms with Crippen LogP contribution >= 0.6 is 11.3 Å². The van der Waals surface area contributed by atoms with Crippen molar-refractivity contribution in [2.75, 3.05) is 25.0 Å². The Morgan fingerprint density at radius 2 is 2.06 bits per heavy atom. The number of aromatic nitrogens is 3. The van der Waals surface area contributed by atoms with E-state index in [2.05, 4.69) is 30.5 Å². The number of aryl methyl sites for hydroxylation is 1. The summed E-state index contributed by atoms with van der Waals surface area (Å²) in [7, 11) is 0. The standard InChI is InChI=1S/C21H21F3N6OS/c1-13-8-14(10-15(9-13)28-20-26-4-2-17(29-20)21(22,23)24)16-11-27-19(32-16)12-30-6-3-18(31)25-5-7-30/h2,4,8-11H,3,5-7,12H2,1H3,(H,25,31)(H,26,28,29). The maximum atomic E-state index is 12.9. The highest BCUT2D eigenvalue weighted by Crippen LogP contribution is 2.32. The largest absolute Gasteiger partial charge is 0.433 e. The van der Waals surface area contributed by atoms with Gasteiger partial charge in [0.25, 0.3) is 0 Å². The zero-order valence-electron chi connectivity index (χ0n) is 17.2. The van der Waals surface area contributed by atoms with E-state index in [0.717, 1.165) is 39.8 Å². The molecule has 3 heterocycles. The second-order valence-electron chi connectivity index (χ2n) is 7.47. The van der Waals surface area contributed by atoms with Gasteiger partial charge in [-0.15, -0.1) is 11.3 Å². The van der Waals surface area contributed by atoms with Crippen LogP contribution in [0.3, 0.4) is 0 Å². The quantitative estimate of drug-likeness (QED) is 0.597. The van der Waals surface area contributed by atoms with Crippen LogP contribution in [0.2, 0.25) is 0 Å². The lowest BCUT2D eigenvalue weighted by molar-refractivity contribution is -0.141. The van der Waals surface area contributed by atoms with Crippen molar-refractivity contribution in [3.05, 3.63) is 52.9 Å². The van der Waals surface area contributed by atoms with E-state index in [0.29, 0.717) is 31.7 Å². The van der Waals surface area contributed by atoms with E-state index >= 15 is 0 Å². The minimum absolute atomic E-state index is 0.0665. The van der Waals surface area contributed by atoms with Gasteiger partial charge in [0.1, 0.15) is 10.7 Å². The average Bonchev–Trinajstić information content (AvgIpc) is 3.10. The number of nitrogens with zero attached hydrogens (tertiary/aromatic N) is 4. The molecule has 0 spiro atoms. The molecule has 1 aromatic carbocycles. The third kappa shape index (κ3) is 5.60. The monoisotopic (exact) mass is 462 g/mol. The van der Waals surface area contributed by atoms with Gasteiger partial charge < -0.3 is 10.6 Å². The smallest absolute Gasteiger partial charge is 0.355 e. The molecule has 0 atom stereocenters. The fraction of sp³-hybridized carbons (Fsp3) is 0.333. The molecule has 2 aromatic heterocycles. The molecule has 1 amide bonds. The maximum Gasteiger partial charge on any atom is 0.433 e. The third-order valence-electron chi connectivity index (χ3n) is 4.88. The van der Waals surface area contributed by atoms with E-state index in [4.69, 9.17) is 0 Å². The summed E-state index contributed by atoms with van der Waals surface area (Å²) in [5.41, 5.74) is 1.42. The lowest BCUT2D eigenvalue weighted by atomic mass is 10.1. The third-order valence-corrected chi connectivity index (χ3v) is 5.91. The maximum absolute atomic E-state index is 12.9. The number of carbonyl (C=O) groups is 1. The Hall–Kier alpha value is -3.05. The number of thiazole rings is 1. The molecule has 32 heavy (non-hydrogen) atoms. The second kappa shape index (κ2) is 9.21. The first-order chi connectivity index (χ1) is 15.3. The number of anilines is 2. The summed E-state index contributed by atoms with van der Waals surface area (Å²) < 4.78 is 38.8. The fourth-order valence-corrected chi connectivity index (χ4v) is 4.33. The molecule has 0 radical (unpaired) electrons. The van der Waals surface area contributed by atoms with Crippen LogP contribution in [0.5, 0.6) is 0 Å². The summed E-state index contributed by atoms with van der Waals surface area (Å²) in [6, 6.07) is 6.48. The first kappa shape index (κ1) is 22.2. The molecule has 1 fully saturated rings. The number of carbonyl (C=O) groups excluding carboxylic acids is 1. The van der Waals surface area contributed by atoms with E-state index in [1.807, 2.05) is 25.1 Å². The van der Waals surface area contributed by atoms with E-state index in [-0.39, 0.29) is 11.9 Å². The van der Waals surface area contributed by atoms with Gasteiger partial charge >= 0.3 is 6.18 Å². The zero-order chi connectivity index (χ0) is 22.7. The number of nitrogens with one attached hydrogen (secondary N) is 2. The van der Waals surface area contributed by atoms with Gasteiger partial charge in [0.15, 0.2) is 0 Å². The SMILES string of the molecule is Cc1cc(Nc2nccc(C(F)(F)F)n2)cc(-c2cnc(CN3CCNC(=O)CC3)s2)c1. The van der Waals surface area contributed by atoms with E-state index < -0.39 is 11.9 Å². The summed E-state index contributed by atoms with van der Waals surface area (Å²) in [5, 5.41) is 6.66. The molecular weight excluding hydrogens is 441 g/mol. The Bertz CT molecular complexity index is 1120. The molecule has 1 aliphatic heterocycles. The molecule has 4 rings (SSSR count). The normalized spacial score (nSPS) is 15.3. The number of rotatable bonds is 5. The molecule has 1 aliphatic rings. The minimum Gasteiger partial charge on any atom is -0.355 e. The molecule has 1 saturated heterocycles. The molecule has 168 valence electrons. The van der Waals surface area contributed by atoms with Gasteiger partial charge in [-0.1, -0.05) is 6.07 Å². The van der Waals surface area contributed by atoms with Gasteiger partial charge in [-0.05, 0) is 36.2 Å². The van der Waals surface area contributed by atoms with Crippen LogP contribution in [0.25, 0.3) is 10.4 Å². The van der Waals surface area contributed by atoms with Gasteiger partial charge in [0, 0.05) is 44.1 Å². The van der Waals surface area contributed by atoms with Crippen molar-refractivity contribution < 1.29 is 18.0 Å². The molecule has 0 unspecified atom stereocenters. The number of benzene rings is 1. The first-order valence-electron chi connectivity index (χ1n) is 9.99. The molecule has 11 heteroatoms. The predicted molar refractivity (Wildman–Crippen MR) is 116 cm³/mol. The second-order valence-corrected chi connectivity index (χ2v) is 8.59. The van der Waals surface area contributed by atoms with Crippen molar-refractivity contribution in [2.24, 2.45) is 0 Å². The Morgan fingerprint density at radius 1 is 1.22 bits per heavy atom. The number of hydrogen-bond acceptors (Lipinski definition) is 7. The van der Waals surface area contributed by atoms with Crippen LogP contribution in [0.4, 0.5) is 24.8 Å². The van der Waals surface area contributed by atoms with Crippen molar-refractivity contribution in [1.82, 2.24) is 25.2 Å². The topological polar surface area (TPSA) is 83.0 Å². The Labute approximate surface area is 186 Å². The molecule has 0 bridgehead atoms. The summed E-state index contributed by atoms with van der Waals surface area (Å²) in [6.45, 7) is 4.66. The minimum atomic E-state index is -4.53. The van der Waals surface area contributed by atoms with Crippen molar-refractivity contribution in [1.29, 1.82) is 0 Å². The molecular formula is C21H21F3N6OS. The average molecular weight is 463 g/mol. The first-order valence-corrected chi connectivity index (χ1v) is 10.8. The Kier molecular flexibility index (Phi) is 6.38. The van der Waals surface area contributed by atoms with Crippen LogP contribution in [0, 0.1) is 6.92 Å². The number of hydrogen-bond donors (Lipinski definition) is 2. The van der Waals surface area contributed by atoms with Gasteiger partial charge in [-0.25, -0.2) is 15.0 Å². The summed E-state index contributed by atoms with van der Waals surface area (Å²) in [4.78, 5) is 26.6. The highest BCUT2D eigenvalue weighted by Gasteiger charge is 2.32. The van der Waals surface area contributed by atoms with Gasteiger partial charge in [-0.2, -0.15) is 13.2 Å². The summed E-state index contributed by atoms with van der Waals surface area (Å²) in [6.07, 6.45) is -1.19. The van der Waals surface area contributed by atoms with Crippen LogP contribution in [-0.4, -0.2) is 45.4 Å².